The van der Waals surface area contributed by atoms with Crippen LogP contribution in [0, 0.1) is 5.92 Å². The third kappa shape index (κ3) is 12.4. The van der Waals surface area contributed by atoms with Gasteiger partial charge in [0.15, 0.2) is 0 Å². The maximum absolute atomic E-state index is 14.6. The van der Waals surface area contributed by atoms with E-state index < -0.39 is 41.1 Å². The van der Waals surface area contributed by atoms with Gasteiger partial charge in [0.1, 0.15) is 29.1 Å². The topological polar surface area (TPSA) is 159 Å². The summed E-state index contributed by atoms with van der Waals surface area (Å²) in [4.78, 5) is 64.7. The number of hydrogen-bond donors (Lipinski definition) is 3. The van der Waals surface area contributed by atoms with Gasteiger partial charge in [0.05, 0.1) is 49.0 Å². The molecule has 4 aromatic rings. The normalized spacial score (nSPS) is 19.4. The molecule has 2 saturated heterocycles. The third-order valence-electron chi connectivity index (χ3n) is 12.1. The van der Waals surface area contributed by atoms with Gasteiger partial charge in [-0.3, -0.25) is 24.1 Å². The zero-order valence-electron chi connectivity index (χ0n) is 38.3. The van der Waals surface area contributed by atoms with Crippen LogP contribution in [-0.4, -0.2) is 110 Å². The van der Waals surface area contributed by atoms with Gasteiger partial charge in [-0.15, -0.1) is 0 Å². The summed E-state index contributed by atoms with van der Waals surface area (Å²) in [5, 5.41) is 17.3. The molecule has 6 rings (SSSR count). The van der Waals surface area contributed by atoms with Crippen molar-refractivity contribution in [1.82, 2.24) is 34.9 Å². The van der Waals surface area contributed by atoms with Crippen molar-refractivity contribution in [2.45, 2.75) is 96.2 Å². The fourth-order valence-electron chi connectivity index (χ4n) is 8.70. The van der Waals surface area contributed by atoms with Crippen LogP contribution in [0.2, 0.25) is 10.0 Å². The van der Waals surface area contributed by atoms with Gasteiger partial charge >= 0.3 is 5.97 Å². The van der Waals surface area contributed by atoms with Gasteiger partial charge < -0.3 is 39.6 Å². The van der Waals surface area contributed by atoms with Crippen LogP contribution in [0.5, 0.6) is 11.5 Å². The van der Waals surface area contributed by atoms with Crippen molar-refractivity contribution in [3.63, 3.8) is 0 Å². The average molecular weight is 931 g/mol. The Morgan fingerprint density at radius 2 is 1.74 bits per heavy atom. The number of carbonyl (C=O) groups excluding carboxylic acids is 3. The van der Waals surface area contributed by atoms with Crippen molar-refractivity contribution in [2.75, 3.05) is 33.8 Å². The van der Waals surface area contributed by atoms with Crippen LogP contribution in [0.25, 0.3) is 11.3 Å². The SMILES string of the molecule is CC=CCC(CC(=O)O)C(=O)N1CCC[C@](Cc2ccc(Cl)cc2)(NC(=O)[C@@H]2COC(C)(C)N2C(=O)[C@H](C)NCc2ccc(Cl)cc2Oc2ccc(-c3cnc(CN(C)C)n3C)cc2)C1. The van der Waals surface area contributed by atoms with Gasteiger partial charge in [0, 0.05) is 47.9 Å². The lowest BCUT2D eigenvalue weighted by Crippen LogP contribution is -2.65. The molecule has 1 unspecified atom stereocenters. The number of hydrogen-bond acceptors (Lipinski definition) is 9. The van der Waals surface area contributed by atoms with E-state index >= 15 is 0 Å². The minimum Gasteiger partial charge on any atom is -0.481 e. The molecule has 2 fully saturated rings. The van der Waals surface area contributed by atoms with Gasteiger partial charge in [0.25, 0.3) is 0 Å². The summed E-state index contributed by atoms with van der Waals surface area (Å²) in [6.07, 6.45) is 6.94. The van der Waals surface area contributed by atoms with E-state index in [9.17, 15) is 24.3 Å². The molecule has 348 valence electrons. The van der Waals surface area contributed by atoms with Crippen LogP contribution in [-0.2, 0) is 50.5 Å². The van der Waals surface area contributed by atoms with Gasteiger partial charge in [-0.1, -0.05) is 53.6 Å². The minimum atomic E-state index is -1.12. The van der Waals surface area contributed by atoms with Gasteiger partial charge in [0.2, 0.25) is 17.7 Å². The lowest BCUT2D eigenvalue weighted by molar-refractivity contribution is -0.152. The highest BCUT2D eigenvalue weighted by Crippen LogP contribution is 2.34. The zero-order chi connectivity index (χ0) is 47.1. The molecular weight excluding hydrogens is 869 g/mol. The maximum atomic E-state index is 14.6. The molecule has 0 saturated carbocycles. The van der Waals surface area contributed by atoms with E-state index in [0.29, 0.717) is 53.8 Å². The smallest absolute Gasteiger partial charge is 0.304 e. The highest BCUT2D eigenvalue weighted by molar-refractivity contribution is 6.31. The number of aliphatic carboxylic acids is 1. The molecule has 3 aromatic carbocycles. The Bertz CT molecular complexity index is 2350. The van der Waals surface area contributed by atoms with Crippen molar-refractivity contribution >= 4 is 46.9 Å². The average Bonchev–Trinajstić information content (AvgIpc) is 3.79. The number of nitrogens with one attached hydrogen (secondary N) is 2. The third-order valence-corrected chi connectivity index (χ3v) is 12.6. The number of nitrogens with zero attached hydrogens (tertiary/aromatic N) is 5. The Balaban J connectivity index is 1.16. The monoisotopic (exact) mass is 929 g/mol. The van der Waals surface area contributed by atoms with Gasteiger partial charge in [-0.2, -0.15) is 0 Å². The zero-order valence-corrected chi connectivity index (χ0v) is 39.8. The molecule has 1 aromatic heterocycles. The summed E-state index contributed by atoms with van der Waals surface area (Å²) >= 11 is 12.7. The van der Waals surface area contributed by atoms with E-state index in [1.165, 1.54) is 4.90 Å². The second kappa shape index (κ2) is 21.4. The van der Waals surface area contributed by atoms with E-state index in [-0.39, 0.29) is 37.9 Å². The molecule has 2 aliphatic rings. The number of carboxylic acids is 1. The van der Waals surface area contributed by atoms with Crippen molar-refractivity contribution in [2.24, 2.45) is 13.0 Å². The minimum absolute atomic E-state index is 0.0349. The molecular formula is C49H61Cl2N7O7. The summed E-state index contributed by atoms with van der Waals surface area (Å²) in [5.74, 6) is -0.738. The predicted molar refractivity (Wildman–Crippen MR) is 252 cm³/mol. The number of piperidine rings is 1. The van der Waals surface area contributed by atoms with Crippen LogP contribution >= 0.6 is 23.2 Å². The number of carboxylic acid groups (broad SMARTS) is 1. The first kappa shape index (κ1) is 49.2. The lowest BCUT2D eigenvalue weighted by atomic mass is 9.82. The molecule has 3 N–H and O–H groups in total. The van der Waals surface area contributed by atoms with Crippen LogP contribution in [0.3, 0.4) is 0 Å². The number of imidazole rings is 1. The van der Waals surface area contributed by atoms with E-state index in [1.807, 2.05) is 76.7 Å². The van der Waals surface area contributed by atoms with Crippen molar-refractivity contribution < 1.29 is 33.8 Å². The van der Waals surface area contributed by atoms with Crippen LogP contribution in [0.4, 0.5) is 0 Å². The fraction of sp³-hybridized carbons (Fsp3) is 0.449. The molecule has 0 spiro atoms. The Morgan fingerprint density at radius 1 is 1.03 bits per heavy atom. The van der Waals surface area contributed by atoms with Crippen molar-refractivity contribution in [3.05, 3.63) is 112 Å². The Kier molecular flexibility index (Phi) is 16.2. The highest BCUT2D eigenvalue weighted by atomic mass is 35.5. The summed E-state index contributed by atoms with van der Waals surface area (Å²) < 4.78 is 14.6. The van der Waals surface area contributed by atoms with E-state index in [4.69, 9.17) is 32.7 Å². The highest BCUT2D eigenvalue weighted by Gasteiger charge is 2.50. The largest absolute Gasteiger partial charge is 0.481 e. The van der Waals surface area contributed by atoms with Crippen LogP contribution < -0.4 is 15.4 Å². The Hall–Kier alpha value is -5.25. The molecule has 3 amide bonds. The quantitative estimate of drug-likeness (QED) is 0.0856. The summed E-state index contributed by atoms with van der Waals surface area (Å²) in [6.45, 7) is 8.61. The van der Waals surface area contributed by atoms with Crippen LogP contribution in [0.1, 0.15) is 70.3 Å². The number of amides is 3. The van der Waals surface area contributed by atoms with Gasteiger partial charge in [-0.05, 0) is 122 Å². The number of benzene rings is 3. The molecule has 0 aliphatic carbocycles. The van der Waals surface area contributed by atoms with Crippen molar-refractivity contribution in [3.8, 4) is 22.8 Å². The summed E-state index contributed by atoms with van der Waals surface area (Å²) in [7, 11) is 6.02. The summed E-state index contributed by atoms with van der Waals surface area (Å²) in [6, 6.07) is 18.7. The first-order chi connectivity index (χ1) is 30.9. The van der Waals surface area contributed by atoms with E-state index in [2.05, 4.69) is 25.1 Å². The lowest BCUT2D eigenvalue weighted by Gasteiger charge is -2.45. The number of ether oxygens (including phenoxy) is 2. The van der Waals surface area contributed by atoms with E-state index in [0.717, 1.165) is 34.8 Å². The Labute approximate surface area is 391 Å². The van der Waals surface area contributed by atoms with Crippen molar-refractivity contribution in [1.29, 1.82) is 0 Å². The molecule has 0 bridgehead atoms. The maximum Gasteiger partial charge on any atom is 0.304 e. The number of rotatable bonds is 18. The molecule has 4 atom stereocenters. The number of carbonyl (C=O) groups is 4. The second-order valence-corrected chi connectivity index (χ2v) is 18.7. The number of allylic oxidation sites excluding steroid dienone is 2. The first-order valence-corrected chi connectivity index (χ1v) is 22.7. The van der Waals surface area contributed by atoms with Gasteiger partial charge in [-0.25, -0.2) is 4.98 Å². The molecule has 3 heterocycles. The standard InChI is InChI=1S/C49H61Cl2N7O7/c1-8-9-11-35(24-44(59)60)47(63)57-23-10-22-49(31-57,26-33-12-17-37(50)18-13-33)54-45(61)41-30-64-48(3,4)58(41)46(62)32(2)52-27-36-14-19-38(51)25-42(36)65-39-20-15-34(16-21-39)40-28-53-43(56(40)7)29-55(5)6/h8-9,12-21,25,28,32,35,41,52H,10-11,22-24,26-27,29-31H2,1-7H3,(H,54,61)(H,59,60)/t32-,35?,41-,49+/m0/s1. The Morgan fingerprint density at radius 3 is 2.42 bits per heavy atom. The second-order valence-electron chi connectivity index (χ2n) is 17.9. The number of halogens is 2. The first-order valence-electron chi connectivity index (χ1n) is 22.0. The van der Waals surface area contributed by atoms with Crippen LogP contribution in [0.15, 0.2) is 85.1 Å². The van der Waals surface area contributed by atoms with E-state index in [1.54, 1.807) is 62.1 Å². The molecule has 14 nitrogen and oxygen atoms in total. The molecule has 2 aliphatic heterocycles. The predicted octanol–water partition coefficient (Wildman–Crippen LogP) is 7.47. The number of likely N-dealkylation sites (tertiary alicyclic amines) is 1. The fourth-order valence-corrected chi connectivity index (χ4v) is 8.99. The summed E-state index contributed by atoms with van der Waals surface area (Å²) in [5.41, 5.74) is 1.59. The number of aromatic nitrogens is 2. The molecule has 0 radical (unpaired) electrons. The molecule has 65 heavy (non-hydrogen) atoms. The molecule has 16 heteroatoms.